The first kappa shape index (κ1) is 12.0. The molecule has 1 unspecified atom stereocenters. The lowest BCUT2D eigenvalue weighted by Crippen LogP contribution is -3.14. The van der Waals surface area contributed by atoms with E-state index in [1.807, 2.05) is 0 Å². The minimum atomic E-state index is 0.572. The number of rotatable bonds is 2. The Hall–Kier alpha value is -1.06. The molecular formula is C15H23N2O+. The molecule has 98 valence electrons. The molecule has 2 N–H and O–H groups in total. The van der Waals surface area contributed by atoms with Gasteiger partial charge in [-0.05, 0) is 31.4 Å². The number of piperazine rings is 1. The van der Waals surface area contributed by atoms with Crippen LogP contribution in [0.3, 0.4) is 0 Å². The van der Waals surface area contributed by atoms with Gasteiger partial charge in [-0.3, -0.25) is 0 Å². The van der Waals surface area contributed by atoms with Gasteiger partial charge in [0.2, 0.25) is 0 Å². The first-order chi connectivity index (χ1) is 8.84. The molecular weight excluding hydrogens is 224 g/mol. The summed E-state index contributed by atoms with van der Waals surface area (Å²) in [6, 6.07) is 7.41. The van der Waals surface area contributed by atoms with E-state index in [1.165, 1.54) is 30.6 Å². The van der Waals surface area contributed by atoms with E-state index in [2.05, 4.69) is 30.4 Å². The van der Waals surface area contributed by atoms with Crippen LogP contribution in [0, 0.1) is 0 Å². The Morgan fingerprint density at radius 3 is 2.94 bits per heavy atom. The summed E-state index contributed by atoms with van der Waals surface area (Å²) in [5, 5.41) is 3.43. The molecule has 3 heteroatoms. The van der Waals surface area contributed by atoms with Gasteiger partial charge in [-0.2, -0.15) is 0 Å². The van der Waals surface area contributed by atoms with Crippen LogP contribution in [-0.4, -0.2) is 32.8 Å². The molecule has 0 aromatic heterocycles. The van der Waals surface area contributed by atoms with E-state index >= 15 is 0 Å². The van der Waals surface area contributed by atoms with Gasteiger partial charge in [0.15, 0.2) is 0 Å². The monoisotopic (exact) mass is 247 g/mol. The minimum Gasteiger partial charge on any atom is -0.493 e. The Kier molecular flexibility index (Phi) is 3.52. The minimum absolute atomic E-state index is 0.572. The predicted octanol–water partition coefficient (Wildman–Crippen LogP) is 0.561. The van der Waals surface area contributed by atoms with E-state index in [0.29, 0.717) is 6.04 Å². The normalized spacial score (nSPS) is 22.1. The van der Waals surface area contributed by atoms with Gasteiger partial charge in [-0.15, -0.1) is 0 Å². The maximum absolute atomic E-state index is 5.78. The fraction of sp³-hybridized carbons (Fsp3) is 0.600. The Balaban J connectivity index is 1.78. The number of quaternary nitrogens is 1. The number of hydrogen-bond acceptors (Lipinski definition) is 2. The number of ether oxygens (including phenoxy) is 1. The van der Waals surface area contributed by atoms with Crippen LogP contribution in [0.25, 0.3) is 0 Å². The van der Waals surface area contributed by atoms with Gasteiger partial charge in [0.05, 0.1) is 19.7 Å². The maximum atomic E-state index is 5.78. The highest BCUT2D eigenvalue weighted by Crippen LogP contribution is 2.27. The summed E-state index contributed by atoms with van der Waals surface area (Å²) < 4.78 is 5.78. The summed E-state index contributed by atoms with van der Waals surface area (Å²) in [6.07, 6.45) is 2.33. The molecule has 0 saturated carbocycles. The van der Waals surface area contributed by atoms with Crippen molar-refractivity contribution in [2.24, 2.45) is 0 Å². The predicted molar refractivity (Wildman–Crippen MR) is 72.2 cm³/mol. The number of fused-ring (bicyclic) bond motifs is 1. The lowest BCUT2D eigenvalue weighted by Gasteiger charge is -2.30. The van der Waals surface area contributed by atoms with Crippen molar-refractivity contribution in [3.63, 3.8) is 0 Å². The van der Waals surface area contributed by atoms with Gasteiger partial charge < -0.3 is 15.0 Å². The van der Waals surface area contributed by atoms with E-state index in [0.717, 1.165) is 31.9 Å². The van der Waals surface area contributed by atoms with E-state index in [-0.39, 0.29) is 0 Å². The molecule has 2 aliphatic rings. The average Bonchev–Trinajstić information content (AvgIpc) is 2.47. The third-order valence-corrected chi connectivity index (χ3v) is 4.30. The highest BCUT2D eigenvalue weighted by Gasteiger charge is 2.23. The summed E-state index contributed by atoms with van der Waals surface area (Å²) >= 11 is 0. The molecule has 3 nitrogen and oxygen atoms in total. The van der Waals surface area contributed by atoms with E-state index in [4.69, 9.17) is 4.74 Å². The first-order valence-corrected chi connectivity index (χ1v) is 7.15. The average molecular weight is 247 g/mol. The van der Waals surface area contributed by atoms with Crippen molar-refractivity contribution in [2.75, 3.05) is 32.8 Å². The summed E-state index contributed by atoms with van der Waals surface area (Å²) in [4.78, 5) is 1.68. The zero-order chi connectivity index (χ0) is 12.4. The van der Waals surface area contributed by atoms with Crippen LogP contribution in [0.15, 0.2) is 18.2 Å². The molecule has 1 atom stereocenters. The van der Waals surface area contributed by atoms with Crippen LogP contribution in [0.2, 0.25) is 0 Å². The third-order valence-electron chi connectivity index (χ3n) is 4.30. The molecule has 0 spiro atoms. The van der Waals surface area contributed by atoms with Crippen LogP contribution in [0.4, 0.5) is 0 Å². The van der Waals surface area contributed by atoms with Crippen molar-refractivity contribution in [2.45, 2.75) is 25.8 Å². The molecule has 18 heavy (non-hydrogen) atoms. The Bertz CT molecular complexity index is 413. The van der Waals surface area contributed by atoms with Crippen LogP contribution in [0.5, 0.6) is 5.75 Å². The largest absolute Gasteiger partial charge is 0.493 e. The second kappa shape index (κ2) is 5.29. The standard InChI is InChI=1S/C15H22N2O/c1-12(17-8-6-16-7-9-17)14-5-4-13-3-2-10-18-15(13)11-14/h4-5,11-12,16H,2-3,6-10H2,1H3/p+1. The lowest BCUT2D eigenvalue weighted by atomic mass is 10.00. The van der Waals surface area contributed by atoms with Crippen molar-refractivity contribution in [3.8, 4) is 5.75 Å². The van der Waals surface area contributed by atoms with E-state index < -0.39 is 0 Å². The number of aryl methyl sites for hydroxylation is 1. The third kappa shape index (κ3) is 2.38. The van der Waals surface area contributed by atoms with Crippen LogP contribution in [0.1, 0.15) is 30.5 Å². The number of benzene rings is 1. The lowest BCUT2D eigenvalue weighted by molar-refractivity contribution is -0.931. The molecule has 1 aromatic carbocycles. The van der Waals surface area contributed by atoms with Crippen molar-refractivity contribution in [3.05, 3.63) is 29.3 Å². The fourth-order valence-corrected chi connectivity index (χ4v) is 3.04. The highest BCUT2D eigenvalue weighted by atomic mass is 16.5. The van der Waals surface area contributed by atoms with Crippen LogP contribution in [-0.2, 0) is 6.42 Å². The number of nitrogens with one attached hydrogen (secondary N) is 2. The molecule has 0 radical (unpaired) electrons. The molecule has 0 aliphatic carbocycles. The molecule has 1 fully saturated rings. The molecule has 0 bridgehead atoms. The SMILES string of the molecule is CC(c1ccc2c(c1)OCCC2)[NH+]1CCNCC1. The quantitative estimate of drug-likeness (QED) is 0.798. The Morgan fingerprint density at radius 1 is 1.28 bits per heavy atom. The van der Waals surface area contributed by atoms with Crippen LogP contribution >= 0.6 is 0 Å². The maximum Gasteiger partial charge on any atom is 0.122 e. The second-order valence-corrected chi connectivity index (χ2v) is 5.45. The van der Waals surface area contributed by atoms with Gasteiger partial charge in [0.25, 0.3) is 0 Å². The summed E-state index contributed by atoms with van der Waals surface area (Å²) in [5.41, 5.74) is 2.81. The van der Waals surface area contributed by atoms with Gasteiger partial charge in [0.1, 0.15) is 11.8 Å². The molecule has 1 saturated heterocycles. The smallest absolute Gasteiger partial charge is 0.122 e. The molecule has 3 rings (SSSR count). The topological polar surface area (TPSA) is 25.7 Å². The second-order valence-electron chi connectivity index (χ2n) is 5.45. The van der Waals surface area contributed by atoms with Crippen molar-refractivity contribution in [1.29, 1.82) is 0 Å². The molecule has 2 aliphatic heterocycles. The van der Waals surface area contributed by atoms with E-state index in [9.17, 15) is 0 Å². The van der Waals surface area contributed by atoms with Crippen molar-refractivity contribution >= 4 is 0 Å². The molecule has 2 heterocycles. The summed E-state index contributed by atoms with van der Waals surface area (Å²) in [5.74, 6) is 1.13. The van der Waals surface area contributed by atoms with Gasteiger partial charge >= 0.3 is 0 Å². The van der Waals surface area contributed by atoms with Gasteiger partial charge in [0, 0.05) is 18.7 Å². The van der Waals surface area contributed by atoms with Gasteiger partial charge in [-0.1, -0.05) is 12.1 Å². The van der Waals surface area contributed by atoms with Crippen LogP contribution < -0.4 is 15.0 Å². The zero-order valence-corrected chi connectivity index (χ0v) is 11.2. The Labute approximate surface area is 109 Å². The number of hydrogen-bond donors (Lipinski definition) is 2. The summed E-state index contributed by atoms with van der Waals surface area (Å²) in [6.45, 7) is 7.94. The highest BCUT2D eigenvalue weighted by molar-refractivity contribution is 5.39. The van der Waals surface area contributed by atoms with Crippen molar-refractivity contribution in [1.82, 2.24) is 5.32 Å². The Morgan fingerprint density at radius 2 is 2.11 bits per heavy atom. The van der Waals surface area contributed by atoms with E-state index in [1.54, 1.807) is 4.90 Å². The molecule has 1 aromatic rings. The van der Waals surface area contributed by atoms with Crippen molar-refractivity contribution < 1.29 is 9.64 Å². The fourth-order valence-electron chi connectivity index (χ4n) is 3.04. The van der Waals surface area contributed by atoms with Gasteiger partial charge in [-0.25, -0.2) is 0 Å². The first-order valence-electron chi connectivity index (χ1n) is 7.15. The molecule has 0 amide bonds. The zero-order valence-electron chi connectivity index (χ0n) is 11.2. The summed E-state index contributed by atoms with van der Waals surface area (Å²) in [7, 11) is 0.